The van der Waals surface area contributed by atoms with Gasteiger partial charge in [-0.25, -0.2) is 14.2 Å². The maximum absolute atomic E-state index is 13.1. The summed E-state index contributed by atoms with van der Waals surface area (Å²) in [6.07, 6.45) is 0.716. The second-order valence-electron chi connectivity index (χ2n) is 3.32. The van der Waals surface area contributed by atoms with Crippen molar-refractivity contribution in [1.82, 2.24) is 10.9 Å². The Labute approximate surface area is 97.9 Å². The molecule has 0 aliphatic carbocycles. The van der Waals surface area contributed by atoms with Gasteiger partial charge in [-0.2, -0.15) is 0 Å². The number of nitrogens with one attached hydrogen (secondary N) is 2. The van der Waals surface area contributed by atoms with Crippen molar-refractivity contribution in [3.05, 3.63) is 29.8 Å². The molecule has 0 unspecified atom stereocenters. The van der Waals surface area contributed by atoms with Gasteiger partial charge in [-0.3, -0.25) is 10.2 Å². The third-order valence-electron chi connectivity index (χ3n) is 1.96. The highest BCUT2D eigenvalue weighted by molar-refractivity contribution is 5.75. The zero-order chi connectivity index (χ0) is 12.7. The molecule has 0 heterocycles. The van der Waals surface area contributed by atoms with Crippen LogP contribution >= 0.6 is 0 Å². The Hall–Kier alpha value is -1.69. The van der Waals surface area contributed by atoms with Crippen molar-refractivity contribution in [2.45, 2.75) is 12.8 Å². The highest BCUT2D eigenvalue weighted by Gasteiger charge is 2.05. The fraction of sp³-hybridized carbons (Fsp3) is 0.364. The summed E-state index contributed by atoms with van der Waals surface area (Å²) in [6, 6.07) is 3.09. The van der Waals surface area contributed by atoms with Gasteiger partial charge in [0.2, 0.25) is 5.91 Å². The molecule has 0 aliphatic heterocycles. The molecule has 1 rings (SSSR count). The van der Waals surface area contributed by atoms with Crippen LogP contribution in [0.4, 0.5) is 8.78 Å². The molecule has 0 fully saturated rings. The number of halogens is 2. The monoisotopic (exact) mass is 244 g/mol. The Morgan fingerprint density at radius 1 is 1.41 bits per heavy atom. The molecule has 0 aromatic heterocycles. The summed E-state index contributed by atoms with van der Waals surface area (Å²) in [6.45, 7) is 0.194. The molecule has 0 saturated heterocycles. The number of benzene rings is 1. The average molecular weight is 244 g/mol. The van der Waals surface area contributed by atoms with Crippen LogP contribution < -0.4 is 15.6 Å². The zero-order valence-electron chi connectivity index (χ0n) is 9.43. The molecule has 2 N–H and O–H groups in total. The zero-order valence-corrected chi connectivity index (χ0v) is 9.43. The lowest BCUT2D eigenvalue weighted by atomic mass is 10.3. The third kappa shape index (κ3) is 4.78. The Kier molecular flexibility index (Phi) is 5.35. The van der Waals surface area contributed by atoms with Gasteiger partial charge in [0, 0.05) is 19.5 Å². The van der Waals surface area contributed by atoms with E-state index in [2.05, 4.69) is 10.9 Å². The second kappa shape index (κ2) is 6.80. The average Bonchev–Trinajstić information content (AvgIpc) is 2.27. The lowest BCUT2D eigenvalue weighted by Gasteiger charge is -2.07. The van der Waals surface area contributed by atoms with Gasteiger partial charge in [0.1, 0.15) is 5.82 Å². The third-order valence-corrected chi connectivity index (χ3v) is 1.96. The van der Waals surface area contributed by atoms with Crippen molar-refractivity contribution in [1.29, 1.82) is 0 Å². The van der Waals surface area contributed by atoms with Gasteiger partial charge in [-0.1, -0.05) is 0 Å². The Balaban J connectivity index is 2.29. The minimum Gasteiger partial charge on any atom is -0.491 e. The summed E-state index contributed by atoms with van der Waals surface area (Å²) >= 11 is 0. The first-order valence-corrected chi connectivity index (χ1v) is 5.17. The van der Waals surface area contributed by atoms with Gasteiger partial charge < -0.3 is 4.74 Å². The van der Waals surface area contributed by atoms with E-state index in [9.17, 15) is 13.6 Å². The number of ether oxygens (including phenoxy) is 1. The minimum atomic E-state index is -0.746. The van der Waals surface area contributed by atoms with Crippen LogP contribution in [0.5, 0.6) is 5.75 Å². The number of hydrogen-bond acceptors (Lipinski definition) is 3. The van der Waals surface area contributed by atoms with Crippen LogP contribution in [0.1, 0.15) is 12.8 Å². The van der Waals surface area contributed by atoms with Crippen LogP contribution in [0.3, 0.4) is 0 Å². The molecule has 0 bridgehead atoms. The molecule has 0 radical (unpaired) electrons. The van der Waals surface area contributed by atoms with Gasteiger partial charge in [-0.05, 0) is 18.6 Å². The van der Waals surface area contributed by atoms with Gasteiger partial charge in [0.15, 0.2) is 11.6 Å². The molecule has 4 nitrogen and oxygen atoms in total. The summed E-state index contributed by atoms with van der Waals surface area (Å²) in [7, 11) is 1.59. The van der Waals surface area contributed by atoms with Gasteiger partial charge in [-0.15, -0.1) is 0 Å². The van der Waals surface area contributed by atoms with Crippen molar-refractivity contribution in [2.24, 2.45) is 0 Å². The maximum Gasteiger partial charge on any atom is 0.234 e. The van der Waals surface area contributed by atoms with E-state index in [1.807, 2.05) is 0 Å². The number of carbonyl (C=O) groups excluding carboxylic acids is 1. The lowest BCUT2D eigenvalue weighted by molar-refractivity contribution is -0.122. The standard InChI is InChI=1S/C11H14F2N2O2/c1-14-15-11(16)3-2-6-17-10-5-4-8(12)7-9(10)13/h4-5,7,14H,2-3,6H2,1H3,(H,15,16). The van der Waals surface area contributed by atoms with Crippen LogP contribution in [-0.2, 0) is 4.79 Å². The van der Waals surface area contributed by atoms with Gasteiger partial charge in [0.05, 0.1) is 6.61 Å². The minimum absolute atomic E-state index is 0.0135. The largest absolute Gasteiger partial charge is 0.491 e. The van der Waals surface area contributed by atoms with E-state index < -0.39 is 11.6 Å². The molecular formula is C11H14F2N2O2. The quantitative estimate of drug-likeness (QED) is 0.587. The van der Waals surface area contributed by atoms with Crippen LogP contribution in [0.2, 0.25) is 0 Å². The molecule has 1 amide bonds. The summed E-state index contributed by atoms with van der Waals surface area (Å²) in [4.78, 5) is 11.0. The van der Waals surface area contributed by atoms with Gasteiger partial charge >= 0.3 is 0 Å². The van der Waals surface area contributed by atoms with E-state index in [1.165, 1.54) is 6.07 Å². The van der Waals surface area contributed by atoms with E-state index in [4.69, 9.17) is 4.74 Å². The normalized spacial score (nSPS) is 10.1. The predicted octanol–water partition coefficient (Wildman–Crippen LogP) is 1.37. The summed E-state index contributed by atoms with van der Waals surface area (Å²) < 4.78 is 30.8. The van der Waals surface area contributed by atoms with Crippen LogP contribution in [0.25, 0.3) is 0 Å². The van der Waals surface area contributed by atoms with Crippen LogP contribution in [-0.4, -0.2) is 19.6 Å². The first-order valence-electron chi connectivity index (χ1n) is 5.17. The lowest BCUT2D eigenvalue weighted by Crippen LogP contribution is -2.34. The molecule has 1 aromatic carbocycles. The SMILES string of the molecule is CNNC(=O)CCCOc1ccc(F)cc1F. The van der Waals surface area contributed by atoms with E-state index in [0.717, 1.165) is 12.1 Å². The number of amides is 1. The van der Waals surface area contributed by atoms with E-state index >= 15 is 0 Å². The number of hydrogen-bond donors (Lipinski definition) is 2. The molecule has 0 aliphatic rings. The summed E-state index contributed by atoms with van der Waals surface area (Å²) in [5, 5.41) is 0. The molecule has 6 heteroatoms. The summed E-state index contributed by atoms with van der Waals surface area (Å²) in [5.74, 6) is -1.58. The van der Waals surface area contributed by atoms with Crippen molar-refractivity contribution in [2.75, 3.05) is 13.7 Å². The number of carbonyl (C=O) groups is 1. The topological polar surface area (TPSA) is 50.4 Å². The molecule has 1 aromatic rings. The van der Waals surface area contributed by atoms with E-state index in [-0.39, 0.29) is 24.7 Å². The van der Waals surface area contributed by atoms with Crippen LogP contribution in [0.15, 0.2) is 18.2 Å². The molecule has 0 spiro atoms. The van der Waals surface area contributed by atoms with Crippen molar-refractivity contribution < 1.29 is 18.3 Å². The molecule has 17 heavy (non-hydrogen) atoms. The fourth-order valence-corrected chi connectivity index (χ4v) is 1.21. The van der Waals surface area contributed by atoms with Crippen molar-refractivity contribution in [3.63, 3.8) is 0 Å². The smallest absolute Gasteiger partial charge is 0.234 e. The first-order chi connectivity index (χ1) is 8.13. The fourth-order valence-electron chi connectivity index (χ4n) is 1.21. The highest BCUT2D eigenvalue weighted by Crippen LogP contribution is 2.17. The van der Waals surface area contributed by atoms with Crippen molar-refractivity contribution >= 4 is 5.91 Å². The molecule has 0 atom stereocenters. The molecular weight excluding hydrogens is 230 g/mol. The number of rotatable bonds is 6. The molecule has 94 valence electrons. The van der Waals surface area contributed by atoms with E-state index in [0.29, 0.717) is 6.42 Å². The maximum atomic E-state index is 13.1. The number of hydrazine groups is 1. The first kappa shape index (κ1) is 13.4. The molecule has 0 saturated carbocycles. The summed E-state index contributed by atoms with van der Waals surface area (Å²) in [5.41, 5.74) is 4.89. The van der Waals surface area contributed by atoms with Crippen LogP contribution in [0, 0.1) is 11.6 Å². The van der Waals surface area contributed by atoms with Crippen molar-refractivity contribution in [3.8, 4) is 5.75 Å². The van der Waals surface area contributed by atoms with E-state index in [1.54, 1.807) is 7.05 Å². The predicted molar refractivity (Wildman–Crippen MR) is 58.3 cm³/mol. The Bertz CT molecular complexity index is 386. The Morgan fingerprint density at radius 3 is 2.82 bits per heavy atom. The Morgan fingerprint density at radius 2 is 2.18 bits per heavy atom. The van der Waals surface area contributed by atoms with Gasteiger partial charge in [0.25, 0.3) is 0 Å². The highest BCUT2D eigenvalue weighted by atomic mass is 19.1. The second-order valence-corrected chi connectivity index (χ2v) is 3.32.